The van der Waals surface area contributed by atoms with E-state index in [0.717, 1.165) is 10.9 Å². The highest BCUT2D eigenvalue weighted by Crippen LogP contribution is 2.01. The number of rotatable bonds is 7. The maximum atomic E-state index is 11.2. The average molecular weight is 235 g/mol. The largest absolute Gasteiger partial charge is 0.465 e. The molecule has 17 heavy (non-hydrogen) atoms. The summed E-state index contributed by atoms with van der Waals surface area (Å²) in [6, 6.07) is 8.55. The molecule has 0 saturated carbocycles. The van der Waals surface area contributed by atoms with Crippen LogP contribution in [0.15, 0.2) is 30.3 Å². The molecule has 1 N–H and O–H groups in total. The van der Waals surface area contributed by atoms with Gasteiger partial charge in [-0.25, -0.2) is 0 Å². The first-order chi connectivity index (χ1) is 8.67. The molecule has 0 unspecified atom stereocenters. The van der Waals surface area contributed by atoms with Gasteiger partial charge in [0, 0.05) is 0 Å². The van der Waals surface area contributed by atoms with Gasteiger partial charge in [0.2, 0.25) is 6.29 Å². The lowest BCUT2D eigenvalue weighted by atomic mass is 10.1. The van der Waals surface area contributed by atoms with Crippen molar-refractivity contribution in [1.29, 1.82) is 0 Å². The first kappa shape index (κ1) is 11.8. The molecule has 91 valence electrons. The topological polar surface area (TPSA) is 55.4 Å². The Morgan fingerprint density at radius 3 is 2.82 bits per heavy atom. The minimum absolute atomic E-state index is 0.236. The number of hydrogen-bond donors (Lipinski definition) is 1. The van der Waals surface area contributed by atoms with Crippen molar-refractivity contribution in [1.82, 2.24) is 5.31 Å². The van der Waals surface area contributed by atoms with Crippen LogP contribution in [-0.4, -0.2) is 31.4 Å². The van der Waals surface area contributed by atoms with E-state index in [9.17, 15) is 9.59 Å². The van der Waals surface area contributed by atoms with Gasteiger partial charge in [0.1, 0.15) is 1.41 Å². The van der Waals surface area contributed by atoms with Crippen molar-refractivity contribution in [2.45, 2.75) is 19.4 Å². The van der Waals surface area contributed by atoms with Gasteiger partial charge in [0.25, 0.3) is 0 Å². The highest BCUT2D eigenvalue weighted by molar-refractivity contribution is 5.72. The minimum atomic E-state index is -0.767. The quantitative estimate of drug-likeness (QED) is 0.712. The van der Waals surface area contributed by atoms with E-state index in [1.54, 1.807) is 13.2 Å². The SMILES string of the molecule is [2H]N(CC(=O)OCC)[C@@H]([C]=O)Cc1ccccc1. The lowest BCUT2D eigenvalue weighted by Gasteiger charge is -2.11. The third-order valence-corrected chi connectivity index (χ3v) is 2.15. The summed E-state index contributed by atoms with van der Waals surface area (Å²) < 4.78 is 12.4. The molecule has 0 aromatic heterocycles. The minimum Gasteiger partial charge on any atom is -0.465 e. The predicted molar refractivity (Wildman–Crippen MR) is 64.3 cm³/mol. The van der Waals surface area contributed by atoms with Crippen molar-refractivity contribution in [3.8, 4) is 0 Å². The maximum absolute atomic E-state index is 11.2. The molecule has 1 rings (SSSR count). The van der Waals surface area contributed by atoms with E-state index >= 15 is 0 Å². The third kappa shape index (κ3) is 5.26. The Morgan fingerprint density at radius 2 is 2.24 bits per heavy atom. The molecule has 4 heteroatoms. The maximum Gasteiger partial charge on any atom is 0.319 e. The summed E-state index contributed by atoms with van der Waals surface area (Å²) in [5.41, 5.74) is 0.923. The van der Waals surface area contributed by atoms with E-state index in [2.05, 4.69) is 0 Å². The number of ether oxygens (including phenoxy) is 1. The lowest BCUT2D eigenvalue weighted by molar-refractivity contribution is -0.142. The van der Waals surface area contributed by atoms with Crippen LogP contribution in [0.25, 0.3) is 0 Å². The Labute approximate surface area is 102 Å². The molecule has 1 radical (unpaired) electrons. The van der Waals surface area contributed by atoms with Crippen LogP contribution in [0.4, 0.5) is 0 Å². The first-order valence-electron chi connectivity index (χ1n) is 5.94. The van der Waals surface area contributed by atoms with Crippen LogP contribution in [-0.2, 0) is 20.7 Å². The van der Waals surface area contributed by atoms with Gasteiger partial charge in [0.05, 0.1) is 19.2 Å². The molecular formula is C13H16NO3. The fraction of sp³-hybridized carbons (Fsp3) is 0.385. The van der Waals surface area contributed by atoms with Gasteiger partial charge in [-0.1, -0.05) is 30.3 Å². The van der Waals surface area contributed by atoms with Crippen molar-refractivity contribution < 1.29 is 15.7 Å². The zero-order valence-corrected chi connectivity index (χ0v) is 9.76. The van der Waals surface area contributed by atoms with Crippen LogP contribution in [0.2, 0.25) is 1.41 Å². The second-order valence-electron chi connectivity index (χ2n) is 3.47. The number of hydrogen-bond acceptors (Lipinski definition) is 4. The number of esters is 1. The van der Waals surface area contributed by atoms with E-state index in [4.69, 9.17) is 6.15 Å². The van der Waals surface area contributed by atoms with Gasteiger partial charge in [-0.05, 0) is 18.9 Å². The van der Waals surface area contributed by atoms with E-state index in [1.165, 1.54) is 0 Å². The summed E-state index contributed by atoms with van der Waals surface area (Å²) in [5, 5.41) is 0.901. The number of carbonyl (C=O) groups excluding carboxylic acids is 2. The molecule has 4 nitrogen and oxygen atoms in total. The first-order valence-corrected chi connectivity index (χ1v) is 5.50. The zero-order valence-electron chi connectivity index (χ0n) is 10.8. The average Bonchev–Trinajstić information content (AvgIpc) is 2.37. The molecule has 0 fully saturated rings. The Balaban J connectivity index is 2.55. The van der Waals surface area contributed by atoms with E-state index < -0.39 is 12.0 Å². The normalized spacial score (nSPS) is 12.9. The van der Waals surface area contributed by atoms with Crippen LogP contribution in [0.3, 0.4) is 0 Å². The second kappa shape index (κ2) is 7.57. The zero-order chi connectivity index (χ0) is 13.4. The molecule has 0 spiro atoms. The highest BCUT2D eigenvalue weighted by Gasteiger charge is 2.11. The molecule has 0 amide bonds. The van der Waals surface area contributed by atoms with Gasteiger partial charge in [-0.2, -0.15) is 0 Å². The van der Waals surface area contributed by atoms with Crippen LogP contribution in [0.1, 0.15) is 12.5 Å². The smallest absolute Gasteiger partial charge is 0.319 e. The van der Waals surface area contributed by atoms with Crippen LogP contribution >= 0.6 is 0 Å². The molecule has 0 aliphatic heterocycles. The van der Waals surface area contributed by atoms with Crippen molar-refractivity contribution in [2.24, 2.45) is 0 Å². The van der Waals surface area contributed by atoms with Crippen molar-refractivity contribution in [3.05, 3.63) is 35.9 Å². The van der Waals surface area contributed by atoms with Crippen molar-refractivity contribution >= 4 is 12.3 Å². The molecule has 0 heterocycles. The van der Waals surface area contributed by atoms with Gasteiger partial charge in [0.15, 0.2) is 0 Å². The van der Waals surface area contributed by atoms with Crippen LogP contribution in [0.5, 0.6) is 0 Å². The molecule has 0 aliphatic rings. The molecule has 1 aromatic rings. The number of carbonyl (C=O) groups is 1. The fourth-order valence-corrected chi connectivity index (χ4v) is 1.37. The van der Waals surface area contributed by atoms with E-state index in [1.807, 2.05) is 30.3 Å². The summed E-state index contributed by atoms with van der Waals surface area (Å²) in [7, 11) is 0. The Bertz CT molecular complexity index is 383. The molecule has 1 atom stereocenters. The summed E-state index contributed by atoms with van der Waals surface area (Å²) >= 11 is 0. The molecule has 0 bridgehead atoms. The Kier molecular flexibility index (Phi) is 5.25. The second-order valence-corrected chi connectivity index (χ2v) is 3.47. The van der Waals surface area contributed by atoms with Gasteiger partial charge < -0.3 is 4.74 Å². The van der Waals surface area contributed by atoms with Crippen LogP contribution in [0, 0.1) is 0 Å². The Hall–Kier alpha value is -1.68. The fourth-order valence-electron chi connectivity index (χ4n) is 1.37. The van der Waals surface area contributed by atoms with Crippen LogP contribution < -0.4 is 5.31 Å². The summed E-state index contributed by atoms with van der Waals surface area (Å²) in [5.74, 6) is -0.513. The monoisotopic (exact) mass is 235 g/mol. The standard InChI is InChI=1S/C13H16NO3/c1-2-17-13(16)9-14-12(10-15)8-11-6-4-3-5-7-11/h3-7,12,14H,2,8-9H2,1H3/t12-/m1/s1/i/hD. The predicted octanol–water partition coefficient (Wildman–Crippen LogP) is 0.860. The number of nitrogens with one attached hydrogen (secondary N) is 1. The van der Waals surface area contributed by atoms with Gasteiger partial charge in [-0.3, -0.25) is 14.9 Å². The summed E-state index contributed by atoms with van der Waals surface area (Å²) in [4.78, 5) is 22.1. The van der Waals surface area contributed by atoms with E-state index in [0.29, 0.717) is 6.42 Å². The molecule has 0 saturated heterocycles. The number of benzene rings is 1. The van der Waals surface area contributed by atoms with E-state index in [-0.39, 0.29) is 13.2 Å². The van der Waals surface area contributed by atoms with Gasteiger partial charge in [-0.15, -0.1) is 0 Å². The van der Waals surface area contributed by atoms with Gasteiger partial charge >= 0.3 is 5.97 Å². The van der Waals surface area contributed by atoms with Crippen molar-refractivity contribution in [3.63, 3.8) is 0 Å². The third-order valence-electron chi connectivity index (χ3n) is 2.15. The lowest BCUT2D eigenvalue weighted by Crippen LogP contribution is -2.37. The van der Waals surface area contributed by atoms with Crippen molar-refractivity contribution in [2.75, 3.05) is 13.2 Å². The molecule has 1 aromatic carbocycles. The highest BCUT2D eigenvalue weighted by atomic mass is 16.5. The summed E-state index contributed by atoms with van der Waals surface area (Å²) in [6.07, 6.45) is 2.13. The summed E-state index contributed by atoms with van der Waals surface area (Å²) in [6.45, 7) is 1.72. The Morgan fingerprint density at radius 1 is 1.53 bits per heavy atom. The molecular weight excluding hydrogens is 218 g/mol. The molecule has 0 aliphatic carbocycles.